The minimum absolute atomic E-state index is 0.661. The van der Waals surface area contributed by atoms with Gasteiger partial charge in [-0.15, -0.1) is 0 Å². The molecule has 0 fully saturated rings. The molecule has 1 N–H and O–H groups in total. The summed E-state index contributed by atoms with van der Waals surface area (Å²) in [5, 5.41) is 7.58. The molecule has 0 aliphatic carbocycles. The first kappa shape index (κ1) is 14.2. The third-order valence-corrected chi connectivity index (χ3v) is 2.37. The Morgan fingerprint density at radius 2 is 2.24 bits per heavy atom. The molecule has 0 unspecified atom stereocenters. The summed E-state index contributed by atoms with van der Waals surface area (Å²) < 4.78 is 12.3. The minimum Gasteiger partial charge on any atom is -0.382 e. The second-order valence-electron chi connectivity index (χ2n) is 3.85. The van der Waals surface area contributed by atoms with Gasteiger partial charge in [-0.2, -0.15) is 5.10 Å². The Balaban J connectivity index is 2.08. The predicted octanol–water partition coefficient (Wildman–Crippen LogP) is 1.05. The average Bonchev–Trinajstić information content (AvgIpc) is 2.79. The predicted molar refractivity (Wildman–Crippen MR) is 66.9 cm³/mol. The van der Waals surface area contributed by atoms with Crippen molar-refractivity contribution in [3.63, 3.8) is 0 Å². The second kappa shape index (κ2) is 9.15. The molecule has 17 heavy (non-hydrogen) atoms. The monoisotopic (exact) mass is 241 g/mol. The number of rotatable bonds is 10. The fraction of sp³-hybridized carbons (Fsp3) is 0.750. The van der Waals surface area contributed by atoms with Crippen LogP contribution in [0, 0.1) is 0 Å². The first-order valence-electron chi connectivity index (χ1n) is 6.15. The lowest BCUT2D eigenvalue weighted by atomic mass is 10.3. The molecule has 5 nitrogen and oxygen atoms in total. The van der Waals surface area contributed by atoms with E-state index in [9.17, 15) is 0 Å². The van der Waals surface area contributed by atoms with Gasteiger partial charge in [0.2, 0.25) is 0 Å². The maximum absolute atomic E-state index is 5.39. The Hall–Kier alpha value is -0.910. The van der Waals surface area contributed by atoms with Crippen molar-refractivity contribution >= 4 is 0 Å². The van der Waals surface area contributed by atoms with Gasteiger partial charge in [-0.1, -0.05) is 6.92 Å². The fourth-order valence-corrected chi connectivity index (χ4v) is 1.46. The summed E-state index contributed by atoms with van der Waals surface area (Å²) in [5.41, 5.74) is 1.23. The SMILES string of the molecule is CCNCc1cnn(CCCOCCOC)c1. The topological polar surface area (TPSA) is 48.3 Å². The third kappa shape index (κ3) is 6.41. The lowest BCUT2D eigenvalue weighted by Gasteiger charge is -2.03. The van der Waals surface area contributed by atoms with Crippen LogP contribution >= 0.6 is 0 Å². The molecule has 1 rings (SSSR count). The van der Waals surface area contributed by atoms with Crippen molar-refractivity contribution < 1.29 is 9.47 Å². The van der Waals surface area contributed by atoms with Gasteiger partial charge in [-0.25, -0.2) is 0 Å². The molecule has 0 atom stereocenters. The van der Waals surface area contributed by atoms with Gasteiger partial charge in [0.15, 0.2) is 0 Å². The van der Waals surface area contributed by atoms with Crippen LogP contribution in [0.15, 0.2) is 12.4 Å². The highest BCUT2D eigenvalue weighted by molar-refractivity contribution is 5.02. The zero-order chi connectivity index (χ0) is 12.3. The lowest BCUT2D eigenvalue weighted by molar-refractivity contribution is 0.0677. The summed E-state index contributed by atoms with van der Waals surface area (Å²) in [6.07, 6.45) is 4.97. The molecule has 0 saturated carbocycles. The molecule has 5 heteroatoms. The van der Waals surface area contributed by atoms with E-state index in [-0.39, 0.29) is 0 Å². The van der Waals surface area contributed by atoms with Gasteiger partial charge in [0.1, 0.15) is 0 Å². The van der Waals surface area contributed by atoms with Crippen LogP contribution in [0.2, 0.25) is 0 Å². The van der Waals surface area contributed by atoms with E-state index in [0.29, 0.717) is 13.2 Å². The molecule has 1 aromatic heterocycles. The molecule has 1 heterocycles. The Kier molecular flexibility index (Phi) is 7.62. The van der Waals surface area contributed by atoms with Crippen molar-refractivity contribution in [1.82, 2.24) is 15.1 Å². The molecule has 0 radical (unpaired) electrons. The molecule has 0 amide bonds. The Bertz CT molecular complexity index is 289. The highest BCUT2D eigenvalue weighted by atomic mass is 16.5. The molecule has 0 saturated heterocycles. The van der Waals surface area contributed by atoms with Gasteiger partial charge < -0.3 is 14.8 Å². The highest BCUT2D eigenvalue weighted by Crippen LogP contribution is 1.98. The molecule has 0 bridgehead atoms. The second-order valence-corrected chi connectivity index (χ2v) is 3.85. The van der Waals surface area contributed by atoms with E-state index in [1.165, 1.54) is 5.56 Å². The lowest BCUT2D eigenvalue weighted by Crippen LogP contribution is -2.11. The minimum atomic E-state index is 0.661. The average molecular weight is 241 g/mol. The standard InChI is InChI=1S/C12H23N3O2/c1-3-13-9-12-10-14-15(11-12)5-4-6-17-8-7-16-2/h10-11,13H,3-9H2,1-2H3. The van der Waals surface area contributed by atoms with Crippen molar-refractivity contribution in [3.8, 4) is 0 Å². The van der Waals surface area contributed by atoms with Crippen LogP contribution in [0.1, 0.15) is 18.9 Å². The molecule has 0 aliphatic heterocycles. The number of hydrogen-bond acceptors (Lipinski definition) is 4. The first-order valence-corrected chi connectivity index (χ1v) is 6.15. The van der Waals surface area contributed by atoms with E-state index in [1.54, 1.807) is 7.11 Å². The van der Waals surface area contributed by atoms with Crippen LogP contribution in [-0.2, 0) is 22.6 Å². The molecule has 0 aliphatic rings. The summed E-state index contributed by atoms with van der Waals surface area (Å²) in [4.78, 5) is 0. The van der Waals surface area contributed by atoms with Gasteiger partial charge in [0.05, 0.1) is 19.4 Å². The number of aryl methyl sites for hydroxylation is 1. The molecule has 98 valence electrons. The maximum Gasteiger partial charge on any atom is 0.0700 e. The highest BCUT2D eigenvalue weighted by Gasteiger charge is 1.97. The zero-order valence-electron chi connectivity index (χ0n) is 10.8. The van der Waals surface area contributed by atoms with Crippen molar-refractivity contribution in [3.05, 3.63) is 18.0 Å². The summed E-state index contributed by atoms with van der Waals surface area (Å²) >= 11 is 0. The molecule has 1 aromatic rings. The Labute approximate surface area is 103 Å². The molecule has 0 spiro atoms. The summed E-state index contributed by atoms with van der Waals surface area (Å²) in [6, 6.07) is 0. The van der Waals surface area contributed by atoms with Crippen molar-refractivity contribution in [1.29, 1.82) is 0 Å². The third-order valence-electron chi connectivity index (χ3n) is 2.37. The molecular formula is C12H23N3O2. The van der Waals surface area contributed by atoms with E-state index in [4.69, 9.17) is 9.47 Å². The normalized spacial score (nSPS) is 10.9. The van der Waals surface area contributed by atoms with Gasteiger partial charge in [0, 0.05) is 38.6 Å². The Morgan fingerprint density at radius 1 is 1.35 bits per heavy atom. The van der Waals surface area contributed by atoms with E-state index in [2.05, 4.69) is 23.5 Å². The van der Waals surface area contributed by atoms with Crippen LogP contribution in [0.5, 0.6) is 0 Å². The van der Waals surface area contributed by atoms with Crippen LogP contribution in [-0.4, -0.2) is 43.3 Å². The fourth-order valence-electron chi connectivity index (χ4n) is 1.46. The summed E-state index contributed by atoms with van der Waals surface area (Å²) in [6.45, 7) is 6.96. The maximum atomic E-state index is 5.39. The van der Waals surface area contributed by atoms with Crippen LogP contribution in [0.4, 0.5) is 0 Å². The van der Waals surface area contributed by atoms with E-state index < -0.39 is 0 Å². The van der Waals surface area contributed by atoms with E-state index in [0.717, 1.165) is 32.7 Å². The van der Waals surface area contributed by atoms with Gasteiger partial charge in [-0.05, 0) is 13.0 Å². The van der Waals surface area contributed by atoms with Gasteiger partial charge in [-0.3, -0.25) is 4.68 Å². The largest absolute Gasteiger partial charge is 0.382 e. The Morgan fingerprint density at radius 3 is 3.00 bits per heavy atom. The molecule has 0 aromatic carbocycles. The number of methoxy groups -OCH3 is 1. The van der Waals surface area contributed by atoms with E-state index >= 15 is 0 Å². The van der Waals surface area contributed by atoms with Crippen LogP contribution < -0.4 is 5.32 Å². The number of hydrogen-bond donors (Lipinski definition) is 1. The van der Waals surface area contributed by atoms with Crippen molar-refractivity contribution in [2.75, 3.05) is 33.5 Å². The zero-order valence-corrected chi connectivity index (χ0v) is 10.8. The van der Waals surface area contributed by atoms with Crippen molar-refractivity contribution in [2.24, 2.45) is 0 Å². The number of nitrogens with zero attached hydrogens (tertiary/aromatic N) is 2. The smallest absolute Gasteiger partial charge is 0.0700 e. The van der Waals surface area contributed by atoms with Crippen LogP contribution in [0.25, 0.3) is 0 Å². The van der Waals surface area contributed by atoms with Crippen LogP contribution in [0.3, 0.4) is 0 Å². The van der Waals surface area contributed by atoms with E-state index in [1.807, 2.05) is 10.9 Å². The summed E-state index contributed by atoms with van der Waals surface area (Å²) in [7, 11) is 1.68. The number of ether oxygens (including phenoxy) is 2. The molecular weight excluding hydrogens is 218 g/mol. The number of aromatic nitrogens is 2. The van der Waals surface area contributed by atoms with Gasteiger partial charge >= 0.3 is 0 Å². The first-order chi connectivity index (χ1) is 8.36. The summed E-state index contributed by atoms with van der Waals surface area (Å²) in [5.74, 6) is 0. The van der Waals surface area contributed by atoms with Crippen molar-refractivity contribution in [2.45, 2.75) is 26.4 Å². The quantitative estimate of drug-likeness (QED) is 0.622. The number of nitrogens with one attached hydrogen (secondary N) is 1. The van der Waals surface area contributed by atoms with Gasteiger partial charge in [0.25, 0.3) is 0 Å².